The van der Waals surface area contributed by atoms with Crippen LogP contribution in [0.4, 0.5) is 27.6 Å². The van der Waals surface area contributed by atoms with Crippen molar-refractivity contribution in [3.63, 3.8) is 0 Å². The molecule has 2 aromatic heterocycles. The number of aromatic nitrogens is 3. The van der Waals surface area contributed by atoms with E-state index in [2.05, 4.69) is 10.1 Å². The van der Waals surface area contributed by atoms with Gasteiger partial charge in [-0.15, -0.1) is 0 Å². The molecule has 2 aliphatic rings. The molecular formula is C31H26F5N5O3. The minimum absolute atomic E-state index is 0.0547. The van der Waals surface area contributed by atoms with E-state index in [0.717, 1.165) is 10.7 Å². The van der Waals surface area contributed by atoms with Gasteiger partial charge in [-0.3, -0.25) is 14.4 Å². The highest BCUT2D eigenvalue weighted by Gasteiger charge is 2.39. The van der Waals surface area contributed by atoms with Crippen LogP contribution >= 0.6 is 0 Å². The average Bonchev–Trinajstić information content (AvgIpc) is 3.51. The van der Waals surface area contributed by atoms with Crippen molar-refractivity contribution in [2.45, 2.75) is 45.3 Å². The maximum absolute atomic E-state index is 15.0. The molecule has 1 fully saturated rings. The minimum atomic E-state index is -4.98. The molecule has 1 N–H and O–H groups in total. The Labute approximate surface area is 247 Å². The smallest absolute Gasteiger partial charge is 0.337 e. The van der Waals surface area contributed by atoms with E-state index in [1.165, 1.54) is 28.1 Å². The topological polar surface area (TPSA) is 91.3 Å². The van der Waals surface area contributed by atoms with Crippen LogP contribution in [0.15, 0.2) is 53.5 Å². The van der Waals surface area contributed by atoms with Gasteiger partial charge in [0.15, 0.2) is 5.69 Å². The van der Waals surface area contributed by atoms with Crippen molar-refractivity contribution in [3.05, 3.63) is 98.6 Å². The maximum atomic E-state index is 15.0. The molecule has 2 aromatic carbocycles. The Morgan fingerprint density at radius 2 is 1.73 bits per heavy atom. The van der Waals surface area contributed by atoms with Gasteiger partial charge in [-0.05, 0) is 62.1 Å². The summed E-state index contributed by atoms with van der Waals surface area (Å²) in [6.07, 6.45) is -2.77. The van der Waals surface area contributed by atoms with Gasteiger partial charge in [-0.25, -0.2) is 13.5 Å². The van der Waals surface area contributed by atoms with E-state index in [0.29, 0.717) is 41.7 Å². The number of carbonyl (C=O) groups is 2. The molecule has 8 nitrogen and oxygen atoms in total. The monoisotopic (exact) mass is 611 g/mol. The second-order valence-corrected chi connectivity index (χ2v) is 11.0. The number of fused-ring (bicyclic) bond motifs is 1. The first-order chi connectivity index (χ1) is 20.8. The number of hydrogen-bond acceptors (Lipinski definition) is 4. The maximum Gasteiger partial charge on any atom is 0.419 e. The number of nitrogens with one attached hydrogen (secondary N) is 1. The summed E-state index contributed by atoms with van der Waals surface area (Å²) in [6, 6.07) is 8.19. The Kier molecular flexibility index (Phi) is 7.13. The zero-order chi connectivity index (χ0) is 31.5. The average molecular weight is 612 g/mol. The van der Waals surface area contributed by atoms with E-state index in [-0.39, 0.29) is 59.8 Å². The highest BCUT2D eigenvalue weighted by molar-refractivity contribution is 6.02. The standard InChI is InChI=1S/C31H26F5N5O3/c1-16-3-4-18-14-25(43)40(29(18)26(16)33)20-8-11-39(12-9-20)30(44)27-17(2)28(19-7-10-37-24(42)13-19)41(38-27)21-5-6-23(32)22(15-21)31(34,35)36/h3-7,10,13,15,20H,8-9,11-12,14H2,1-2H3,(H,37,42). The number of H-pyrrole nitrogens is 1. The molecule has 13 heteroatoms. The van der Waals surface area contributed by atoms with Crippen molar-refractivity contribution in [1.82, 2.24) is 19.7 Å². The molecule has 0 atom stereocenters. The van der Waals surface area contributed by atoms with Crippen molar-refractivity contribution >= 4 is 17.5 Å². The van der Waals surface area contributed by atoms with Crippen LogP contribution in [0.2, 0.25) is 0 Å². The Morgan fingerprint density at radius 3 is 2.41 bits per heavy atom. The van der Waals surface area contributed by atoms with Crippen molar-refractivity contribution in [1.29, 1.82) is 0 Å². The third kappa shape index (κ3) is 4.95. The van der Waals surface area contributed by atoms with E-state index < -0.39 is 34.8 Å². The van der Waals surface area contributed by atoms with Gasteiger partial charge in [0.2, 0.25) is 11.5 Å². The van der Waals surface area contributed by atoms with Crippen LogP contribution in [0.5, 0.6) is 0 Å². The van der Waals surface area contributed by atoms with Crippen molar-refractivity contribution in [2.75, 3.05) is 18.0 Å². The quantitative estimate of drug-likeness (QED) is 0.316. The molecule has 0 radical (unpaired) electrons. The van der Waals surface area contributed by atoms with Gasteiger partial charge in [0.1, 0.15) is 11.6 Å². The number of benzene rings is 2. The number of aryl methyl sites for hydroxylation is 1. The normalized spacial score (nSPS) is 15.7. The number of alkyl halides is 3. The zero-order valence-corrected chi connectivity index (χ0v) is 23.6. The van der Waals surface area contributed by atoms with Crippen molar-refractivity contribution in [2.24, 2.45) is 0 Å². The number of piperidine rings is 1. The van der Waals surface area contributed by atoms with Gasteiger partial charge in [0.25, 0.3) is 5.91 Å². The molecule has 0 unspecified atom stereocenters. The lowest BCUT2D eigenvalue weighted by atomic mass is 10.0. The molecule has 0 saturated carbocycles. The Bertz CT molecular complexity index is 1870. The van der Waals surface area contributed by atoms with E-state index in [1.807, 2.05) is 0 Å². The molecule has 44 heavy (non-hydrogen) atoms. The van der Waals surface area contributed by atoms with Gasteiger partial charge < -0.3 is 14.8 Å². The predicted octanol–water partition coefficient (Wildman–Crippen LogP) is 5.34. The number of nitrogens with zero attached hydrogens (tertiary/aromatic N) is 4. The fourth-order valence-electron chi connectivity index (χ4n) is 6.02. The van der Waals surface area contributed by atoms with Crippen LogP contribution in [0.1, 0.15) is 45.6 Å². The fourth-order valence-corrected chi connectivity index (χ4v) is 6.02. The zero-order valence-electron chi connectivity index (χ0n) is 23.6. The molecule has 4 heterocycles. The van der Waals surface area contributed by atoms with Crippen LogP contribution in [0, 0.1) is 25.5 Å². The number of carbonyl (C=O) groups excluding carboxylic acids is 2. The number of amides is 2. The van der Waals surface area contributed by atoms with Gasteiger partial charge in [-0.1, -0.05) is 12.1 Å². The summed E-state index contributed by atoms with van der Waals surface area (Å²) >= 11 is 0. The van der Waals surface area contributed by atoms with Crippen LogP contribution in [-0.2, 0) is 17.4 Å². The van der Waals surface area contributed by atoms with E-state index in [4.69, 9.17) is 0 Å². The van der Waals surface area contributed by atoms with Crippen LogP contribution in [-0.4, -0.2) is 50.6 Å². The lowest BCUT2D eigenvalue weighted by Gasteiger charge is -2.37. The molecule has 2 aliphatic heterocycles. The number of halogens is 5. The molecule has 228 valence electrons. The van der Waals surface area contributed by atoms with E-state index >= 15 is 4.39 Å². The lowest BCUT2D eigenvalue weighted by Crippen LogP contribution is -2.48. The number of likely N-dealkylation sites (tertiary alicyclic amines) is 1. The molecule has 6 rings (SSSR count). The first kappa shape index (κ1) is 29.3. The van der Waals surface area contributed by atoms with Crippen molar-refractivity contribution < 1.29 is 31.5 Å². The third-order valence-corrected chi connectivity index (χ3v) is 8.23. The lowest BCUT2D eigenvalue weighted by molar-refractivity contribution is -0.140. The van der Waals surface area contributed by atoms with Crippen molar-refractivity contribution in [3.8, 4) is 16.9 Å². The second-order valence-electron chi connectivity index (χ2n) is 11.0. The Balaban J connectivity index is 1.33. The SMILES string of the molecule is Cc1ccc2c(c1F)N(C1CCN(C(=O)c3nn(-c4ccc(F)c(C(F)(F)F)c4)c(-c4cc[nH]c(=O)c4)c3C)CC1)C(=O)C2. The van der Waals surface area contributed by atoms with Gasteiger partial charge >= 0.3 is 6.18 Å². The molecule has 0 spiro atoms. The summed E-state index contributed by atoms with van der Waals surface area (Å²) < 4.78 is 70.9. The molecule has 2 amide bonds. The van der Waals surface area contributed by atoms with Crippen LogP contribution < -0.4 is 10.5 Å². The number of anilines is 1. The summed E-state index contributed by atoms with van der Waals surface area (Å²) in [7, 11) is 0. The number of pyridine rings is 1. The Morgan fingerprint density at radius 1 is 1.00 bits per heavy atom. The minimum Gasteiger partial charge on any atom is -0.337 e. The second kappa shape index (κ2) is 10.7. The summed E-state index contributed by atoms with van der Waals surface area (Å²) in [4.78, 5) is 44.3. The molecule has 0 aliphatic carbocycles. The fraction of sp³-hybridized carbons (Fsp3) is 0.290. The first-order valence-corrected chi connectivity index (χ1v) is 13.9. The predicted molar refractivity (Wildman–Crippen MR) is 151 cm³/mol. The van der Waals surface area contributed by atoms with E-state index in [1.54, 1.807) is 26.0 Å². The summed E-state index contributed by atoms with van der Waals surface area (Å²) in [5.41, 5.74) is -0.0575. The molecule has 4 aromatic rings. The number of hydrogen-bond donors (Lipinski definition) is 1. The molecular weight excluding hydrogens is 585 g/mol. The van der Waals surface area contributed by atoms with Crippen LogP contribution in [0.3, 0.4) is 0 Å². The number of aromatic amines is 1. The number of rotatable bonds is 4. The largest absolute Gasteiger partial charge is 0.419 e. The van der Waals surface area contributed by atoms with Crippen LogP contribution in [0.25, 0.3) is 16.9 Å². The van der Waals surface area contributed by atoms with E-state index in [9.17, 15) is 31.9 Å². The van der Waals surface area contributed by atoms with Gasteiger partial charge in [-0.2, -0.15) is 18.3 Å². The first-order valence-electron chi connectivity index (χ1n) is 13.9. The highest BCUT2D eigenvalue weighted by Crippen LogP contribution is 2.38. The Hall–Kier alpha value is -4.81. The summed E-state index contributed by atoms with van der Waals surface area (Å²) in [5.74, 6) is -2.60. The van der Waals surface area contributed by atoms with Gasteiger partial charge in [0.05, 0.1) is 29.1 Å². The molecule has 0 bridgehead atoms. The summed E-state index contributed by atoms with van der Waals surface area (Å²) in [5, 5.41) is 4.38. The highest BCUT2D eigenvalue weighted by atomic mass is 19.4. The molecule has 1 saturated heterocycles. The van der Waals surface area contributed by atoms with Gasteiger partial charge in [0, 0.05) is 42.5 Å². The third-order valence-electron chi connectivity index (χ3n) is 8.23. The summed E-state index contributed by atoms with van der Waals surface area (Å²) in [6.45, 7) is 3.64.